The van der Waals surface area contributed by atoms with Crippen molar-refractivity contribution < 1.29 is 31.1 Å². The summed E-state index contributed by atoms with van der Waals surface area (Å²) in [5.74, 6) is -2.36. The Morgan fingerprint density at radius 1 is 0.875 bits per heavy atom. The van der Waals surface area contributed by atoms with E-state index in [0.717, 1.165) is 34.7 Å². The summed E-state index contributed by atoms with van der Waals surface area (Å²) < 4.78 is 91.6. The second kappa shape index (κ2) is 9.89. The molecule has 5 aromatic rings. The fraction of sp³-hybridized carbons (Fsp3) is 0.129. The number of halogens is 6. The maximum absolute atomic E-state index is 14.6. The first-order valence-electron chi connectivity index (χ1n) is 12.5. The van der Waals surface area contributed by atoms with Crippen LogP contribution in [0.4, 0.5) is 26.3 Å². The van der Waals surface area contributed by atoms with Gasteiger partial charge in [-0.3, -0.25) is 4.68 Å². The van der Waals surface area contributed by atoms with Gasteiger partial charge in [0.15, 0.2) is 0 Å². The van der Waals surface area contributed by atoms with Crippen LogP contribution in [0.25, 0.3) is 28.2 Å². The average Bonchev–Trinajstić information content (AvgIpc) is 3.28. The van der Waals surface area contributed by atoms with E-state index in [-0.39, 0.29) is 16.6 Å². The Kier molecular flexibility index (Phi) is 6.37. The minimum atomic E-state index is -4.71. The van der Waals surface area contributed by atoms with Crippen LogP contribution in [0.2, 0.25) is 0 Å². The highest BCUT2D eigenvalue weighted by atomic mass is 19.4. The molecule has 1 heterocycles. The molecule has 1 aliphatic carbocycles. The van der Waals surface area contributed by atoms with Crippen molar-refractivity contribution in [2.75, 3.05) is 0 Å². The van der Waals surface area contributed by atoms with Crippen molar-refractivity contribution in [2.24, 2.45) is 0 Å². The van der Waals surface area contributed by atoms with Gasteiger partial charge in [0.05, 0.1) is 17.8 Å². The molecule has 0 unspecified atom stereocenters. The van der Waals surface area contributed by atoms with Gasteiger partial charge in [0.2, 0.25) is 0 Å². The lowest BCUT2D eigenvalue weighted by atomic mass is 9.96. The number of hydrogen-bond acceptors (Lipinski definition) is 2. The van der Waals surface area contributed by atoms with E-state index in [0.29, 0.717) is 29.2 Å². The summed E-state index contributed by atoms with van der Waals surface area (Å²) in [6.45, 7) is -0.567. The van der Waals surface area contributed by atoms with E-state index in [2.05, 4.69) is 11.2 Å². The lowest BCUT2D eigenvalue weighted by Gasteiger charge is -2.16. The molecule has 0 saturated heterocycles. The number of rotatable bonds is 5. The van der Waals surface area contributed by atoms with Crippen LogP contribution >= 0.6 is 0 Å². The molecule has 1 aromatic heterocycles. The van der Waals surface area contributed by atoms with Crippen molar-refractivity contribution in [2.45, 2.75) is 25.6 Å². The Bertz CT molecular complexity index is 1760. The molecule has 0 saturated carbocycles. The number of benzene rings is 4. The molecule has 0 amide bonds. The van der Waals surface area contributed by atoms with E-state index in [1.807, 2.05) is 24.3 Å². The Hall–Kier alpha value is -4.53. The van der Waals surface area contributed by atoms with Gasteiger partial charge >= 0.3 is 6.18 Å². The van der Waals surface area contributed by atoms with E-state index >= 15 is 0 Å². The number of hydrogen-bond donors (Lipinski definition) is 0. The highest BCUT2D eigenvalue weighted by Gasteiger charge is 2.35. The molecule has 0 fully saturated rings. The molecule has 3 nitrogen and oxygen atoms in total. The van der Waals surface area contributed by atoms with Gasteiger partial charge < -0.3 is 4.74 Å². The third-order valence-corrected chi connectivity index (χ3v) is 6.85. The molecule has 4 aromatic carbocycles. The molecular weight excluding hydrogens is 530 g/mol. The highest BCUT2D eigenvalue weighted by molar-refractivity contribution is 5.95. The van der Waals surface area contributed by atoms with Crippen LogP contribution in [0, 0.1) is 17.5 Å². The number of alkyl halides is 3. The van der Waals surface area contributed by atoms with E-state index in [4.69, 9.17) is 4.74 Å². The summed E-state index contributed by atoms with van der Waals surface area (Å²) in [6, 6.07) is 17.1. The van der Waals surface area contributed by atoms with Crippen molar-refractivity contribution in [3.8, 4) is 22.8 Å². The summed E-state index contributed by atoms with van der Waals surface area (Å²) >= 11 is 0. The fourth-order valence-electron chi connectivity index (χ4n) is 5.05. The second-order valence-corrected chi connectivity index (χ2v) is 9.45. The molecule has 0 atom stereocenters. The van der Waals surface area contributed by atoms with E-state index < -0.39 is 41.3 Å². The smallest absolute Gasteiger partial charge is 0.418 e. The van der Waals surface area contributed by atoms with Crippen molar-refractivity contribution in [1.82, 2.24) is 9.78 Å². The lowest BCUT2D eigenvalue weighted by molar-refractivity contribution is -0.136. The predicted molar refractivity (Wildman–Crippen MR) is 139 cm³/mol. The summed E-state index contributed by atoms with van der Waals surface area (Å²) in [7, 11) is 0. The van der Waals surface area contributed by atoms with E-state index in [1.54, 1.807) is 24.3 Å². The number of fused-ring (bicyclic) bond motifs is 2. The quantitative estimate of drug-likeness (QED) is 0.204. The zero-order chi connectivity index (χ0) is 28.0. The maximum Gasteiger partial charge on any atom is 0.418 e. The third kappa shape index (κ3) is 4.72. The highest BCUT2D eigenvalue weighted by Crippen LogP contribution is 2.40. The van der Waals surface area contributed by atoms with E-state index in [9.17, 15) is 26.3 Å². The van der Waals surface area contributed by atoms with Gasteiger partial charge in [0.25, 0.3) is 0 Å². The van der Waals surface area contributed by atoms with Crippen LogP contribution in [0.1, 0.15) is 28.7 Å². The van der Waals surface area contributed by atoms with Crippen LogP contribution < -0.4 is 4.74 Å². The molecule has 6 rings (SSSR count). The van der Waals surface area contributed by atoms with Gasteiger partial charge in [-0.25, -0.2) is 13.2 Å². The number of ether oxygens (including phenoxy) is 1. The zero-order valence-corrected chi connectivity index (χ0v) is 20.8. The maximum atomic E-state index is 14.6. The standard InChI is InChI=1S/C31H20F6N2O/c32-20-15-26(33)24(27(34)16-20)17-39-30(23-11-5-12-25(29(23)38-39)31(35,36)37)19-8-3-9-21(14-19)40-28-13-4-7-18-6-1-2-10-22(18)28/h1,3-9,11-16H,2,10,17H2. The SMILES string of the molecule is Fc1cc(F)c(Cn2nc3c(C(F)(F)F)cccc3c2-c2cccc(Oc3cccc4c3CCC=C4)c2)c(F)c1. The van der Waals surface area contributed by atoms with Crippen LogP contribution in [0.3, 0.4) is 0 Å². The van der Waals surface area contributed by atoms with Gasteiger partial charge in [-0.15, -0.1) is 0 Å². The molecular formula is C31H20F6N2O. The zero-order valence-electron chi connectivity index (χ0n) is 20.8. The van der Waals surface area contributed by atoms with E-state index in [1.165, 1.54) is 12.1 Å². The first-order chi connectivity index (χ1) is 19.2. The fourth-order valence-corrected chi connectivity index (χ4v) is 5.05. The minimum absolute atomic E-state index is 0.136. The van der Waals surface area contributed by atoms with Crippen molar-refractivity contribution in [1.29, 1.82) is 0 Å². The van der Waals surface area contributed by atoms with Gasteiger partial charge in [0.1, 0.15) is 34.5 Å². The molecule has 40 heavy (non-hydrogen) atoms. The Labute approximate surface area is 224 Å². The third-order valence-electron chi connectivity index (χ3n) is 6.85. The monoisotopic (exact) mass is 550 g/mol. The summed E-state index contributed by atoms with van der Waals surface area (Å²) in [5.41, 5.74) is 0.833. The summed E-state index contributed by atoms with van der Waals surface area (Å²) in [5, 5.41) is 4.28. The Morgan fingerprint density at radius 2 is 1.62 bits per heavy atom. The molecule has 9 heteroatoms. The number of nitrogens with zero attached hydrogens (tertiary/aromatic N) is 2. The van der Waals surface area contributed by atoms with Crippen molar-refractivity contribution >= 4 is 17.0 Å². The molecule has 0 radical (unpaired) electrons. The second-order valence-electron chi connectivity index (χ2n) is 9.45. The minimum Gasteiger partial charge on any atom is -0.457 e. The number of aromatic nitrogens is 2. The largest absolute Gasteiger partial charge is 0.457 e. The van der Waals surface area contributed by atoms with Crippen LogP contribution in [0.15, 0.2) is 78.9 Å². The summed E-state index contributed by atoms with van der Waals surface area (Å²) in [4.78, 5) is 0. The van der Waals surface area contributed by atoms with Gasteiger partial charge in [-0.2, -0.15) is 18.3 Å². The topological polar surface area (TPSA) is 27.1 Å². The molecule has 0 N–H and O–H groups in total. The molecule has 1 aliphatic rings. The van der Waals surface area contributed by atoms with Crippen LogP contribution in [0.5, 0.6) is 11.5 Å². The van der Waals surface area contributed by atoms with Crippen LogP contribution in [-0.4, -0.2) is 9.78 Å². The Morgan fingerprint density at radius 3 is 2.40 bits per heavy atom. The van der Waals surface area contributed by atoms with Crippen molar-refractivity contribution in [3.63, 3.8) is 0 Å². The molecule has 0 bridgehead atoms. The molecule has 202 valence electrons. The van der Waals surface area contributed by atoms with Gasteiger partial charge in [-0.05, 0) is 42.7 Å². The number of allylic oxidation sites excluding steroid dienone is 1. The lowest BCUT2D eigenvalue weighted by Crippen LogP contribution is -2.09. The van der Waals surface area contributed by atoms with Crippen molar-refractivity contribution in [3.05, 3.63) is 119 Å². The Balaban J connectivity index is 1.49. The normalized spacial score (nSPS) is 13.1. The van der Waals surface area contributed by atoms with Crippen LogP contribution in [-0.2, 0) is 19.1 Å². The summed E-state index contributed by atoms with van der Waals surface area (Å²) in [6.07, 6.45) is 1.07. The predicted octanol–water partition coefficient (Wildman–Crippen LogP) is 8.94. The molecule has 0 aliphatic heterocycles. The molecule has 0 spiro atoms. The van der Waals surface area contributed by atoms with Gasteiger partial charge in [-0.1, -0.05) is 48.6 Å². The average molecular weight is 551 g/mol. The first kappa shape index (κ1) is 25.7. The first-order valence-corrected chi connectivity index (χ1v) is 12.5. The van der Waals surface area contributed by atoms with Gasteiger partial charge in [0, 0.05) is 34.2 Å².